The Bertz CT molecular complexity index is 661. The summed E-state index contributed by atoms with van der Waals surface area (Å²) in [6.07, 6.45) is 0. The van der Waals surface area contributed by atoms with E-state index in [1.807, 2.05) is 0 Å². The number of nitrogens with zero attached hydrogens (tertiary/aromatic N) is 1. The van der Waals surface area contributed by atoms with Crippen LogP contribution in [0.3, 0.4) is 0 Å². The number of nitrogens with one attached hydrogen (secondary N) is 1. The molecule has 0 saturated heterocycles. The maximum atomic E-state index is 12.1. The predicted molar refractivity (Wildman–Crippen MR) is 77.3 cm³/mol. The topological polar surface area (TPSA) is 60.5 Å². The van der Waals surface area contributed by atoms with Gasteiger partial charge in [0.1, 0.15) is 23.6 Å². The first-order chi connectivity index (χ1) is 9.72. The molecule has 0 bridgehead atoms. The first-order valence-corrected chi connectivity index (χ1v) is 6.85. The first kappa shape index (κ1) is 12.9. The normalized spacial score (nSPS) is 12.8. The van der Waals surface area contributed by atoms with E-state index < -0.39 is 0 Å². The van der Waals surface area contributed by atoms with E-state index in [0.717, 1.165) is 0 Å². The van der Waals surface area contributed by atoms with Crippen molar-refractivity contribution in [2.24, 2.45) is 0 Å². The van der Waals surface area contributed by atoms with Crippen molar-refractivity contribution in [3.63, 3.8) is 0 Å². The summed E-state index contributed by atoms with van der Waals surface area (Å²) in [5, 5.41) is 2.73. The molecule has 102 valence electrons. The Labute approximate surface area is 124 Å². The summed E-state index contributed by atoms with van der Waals surface area (Å²) in [4.78, 5) is 16.3. The molecular weight excluding hydrogens is 324 g/mol. The Morgan fingerprint density at radius 1 is 1.15 bits per heavy atom. The molecule has 2 heterocycles. The highest BCUT2D eigenvalue weighted by molar-refractivity contribution is 9.10. The van der Waals surface area contributed by atoms with Gasteiger partial charge in [0.05, 0.1) is 0 Å². The van der Waals surface area contributed by atoms with Crippen LogP contribution in [0, 0.1) is 0 Å². The number of fused-ring (bicyclic) bond motifs is 1. The van der Waals surface area contributed by atoms with Crippen LogP contribution < -0.4 is 14.8 Å². The van der Waals surface area contributed by atoms with Crippen molar-refractivity contribution in [3.8, 4) is 11.5 Å². The Kier molecular flexibility index (Phi) is 3.56. The molecule has 0 unspecified atom stereocenters. The molecule has 1 aromatic carbocycles. The second-order valence-corrected chi connectivity index (χ2v) is 4.97. The first-order valence-electron chi connectivity index (χ1n) is 6.06. The zero-order valence-corrected chi connectivity index (χ0v) is 12.0. The number of anilines is 1. The Morgan fingerprint density at radius 3 is 2.75 bits per heavy atom. The zero-order valence-electron chi connectivity index (χ0n) is 10.4. The van der Waals surface area contributed by atoms with Gasteiger partial charge in [-0.05, 0) is 46.3 Å². The van der Waals surface area contributed by atoms with Crippen molar-refractivity contribution in [3.05, 3.63) is 46.6 Å². The third-order valence-corrected chi connectivity index (χ3v) is 3.20. The molecular formula is C14H11BrN2O3. The number of hydrogen-bond acceptors (Lipinski definition) is 4. The number of carbonyl (C=O) groups excluding carboxylic acids is 1. The van der Waals surface area contributed by atoms with E-state index in [0.29, 0.717) is 40.7 Å². The van der Waals surface area contributed by atoms with E-state index in [9.17, 15) is 4.79 Å². The average molecular weight is 335 g/mol. The molecule has 2 aromatic rings. The number of pyridine rings is 1. The van der Waals surface area contributed by atoms with Gasteiger partial charge in [0.25, 0.3) is 5.91 Å². The van der Waals surface area contributed by atoms with Gasteiger partial charge in [-0.3, -0.25) is 4.79 Å². The Hall–Kier alpha value is -2.08. The van der Waals surface area contributed by atoms with Crippen LogP contribution in [0.4, 0.5) is 5.82 Å². The number of benzene rings is 1. The molecule has 0 aliphatic carbocycles. The lowest BCUT2D eigenvalue weighted by Gasteiger charge is -2.18. The molecule has 1 amide bonds. The van der Waals surface area contributed by atoms with Crippen molar-refractivity contribution in [2.75, 3.05) is 18.5 Å². The molecule has 0 spiro atoms. The molecule has 1 aromatic heterocycles. The van der Waals surface area contributed by atoms with Gasteiger partial charge in [-0.15, -0.1) is 0 Å². The van der Waals surface area contributed by atoms with Crippen molar-refractivity contribution in [1.29, 1.82) is 0 Å². The monoisotopic (exact) mass is 334 g/mol. The SMILES string of the molecule is O=C(Nc1cccc(Br)n1)c1ccc2c(c1)OCCO2. The Balaban J connectivity index is 1.80. The largest absolute Gasteiger partial charge is 0.486 e. The van der Waals surface area contributed by atoms with E-state index in [1.165, 1.54) is 0 Å². The summed E-state index contributed by atoms with van der Waals surface area (Å²) >= 11 is 3.26. The summed E-state index contributed by atoms with van der Waals surface area (Å²) in [7, 11) is 0. The fourth-order valence-corrected chi connectivity index (χ4v) is 2.19. The third kappa shape index (κ3) is 2.75. The van der Waals surface area contributed by atoms with Gasteiger partial charge in [0.15, 0.2) is 11.5 Å². The predicted octanol–water partition coefficient (Wildman–Crippen LogP) is 2.87. The fraction of sp³-hybridized carbons (Fsp3) is 0.143. The van der Waals surface area contributed by atoms with Crippen molar-refractivity contribution < 1.29 is 14.3 Å². The zero-order chi connectivity index (χ0) is 13.9. The lowest BCUT2D eigenvalue weighted by atomic mass is 10.2. The lowest BCUT2D eigenvalue weighted by Crippen LogP contribution is -2.17. The molecule has 3 rings (SSSR count). The van der Waals surface area contributed by atoms with Crippen LogP contribution in [0.25, 0.3) is 0 Å². The van der Waals surface area contributed by atoms with Crippen molar-refractivity contribution in [2.45, 2.75) is 0 Å². The van der Waals surface area contributed by atoms with Gasteiger partial charge in [0, 0.05) is 5.56 Å². The van der Waals surface area contributed by atoms with E-state index >= 15 is 0 Å². The van der Waals surface area contributed by atoms with E-state index in [-0.39, 0.29) is 5.91 Å². The molecule has 1 aliphatic rings. The molecule has 0 atom stereocenters. The van der Waals surface area contributed by atoms with Gasteiger partial charge in [-0.2, -0.15) is 0 Å². The van der Waals surface area contributed by atoms with Crippen LogP contribution in [0.5, 0.6) is 11.5 Å². The second-order valence-electron chi connectivity index (χ2n) is 4.16. The standard InChI is InChI=1S/C14H11BrN2O3/c15-12-2-1-3-13(16-12)17-14(18)9-4-5-10-11(8-9)20-7-6-19-10/h1-5,8H,6-7H2,(H,16,17,18). The molecule has 20 heavy (non-hydrogen) atoms. The van der Waals surface area contributed by atoms with Crippen LogP contribution in [0.1, 0.15) is 10.4 Å². The van der Waals surface area contributed by atoms with Crippen LogP contribution >= 0.6 is 15.9 Å². The Morgan fingerprint density at radius 2 is 1.95 bits per heavy atom. The maximum Gasteiger partial charge on any atom is 0.256 e. The highest BCUT2D eigenvalue weighted by Crippen LogP contribution is 2.30. The quantitative estimate of drug-likeness (QED) is 0.858. The summed E-state index contributed by atoms with van der Waals surface area (Å²) in [5.74, 6) is 1.49. The minimum absolute atomic E-state index is 0.243. The van der Waals surface area contributed by atoms with Crippen LogP contribution in [-0.2, 0) is 0 Å². The molecule has 6 heteroatoms. The van der Waals surface area contributed by atoms with Crippen molar-refractivity contribution in [1.82, 2.24) is 4.98 Å². The molecule has 0 radical (unpaired) electrons. The molecule has 1 N–H and O–H groups in total. The van der Waals surface area contributed by atoms with Gasteiger partial charge in [-0.25, -0.2) is 4.98 Å². The smallest absolute Gasteiger partial charge is 0.256 e. The summed E-state index contributed by atoms with van der Waals surface area (Å²) in [6, 6.07) is 10.4. The molecule has 0 fully saturated rings. The number of aromatic nitrogens is 1. The highest BCUT2D eigenvalue weighted by atomic mass is 79.9. The minimum atomic E-state index is -0.243. The molecule has 5 nitrogen and oxygen atoms in total. The average Bonchev–Trinajstić information content (AvgIpc) is 2.47. The number of hydrogen-bond donors (Lipinski definition) is 1. The summed E-state index contributed by atoms with van der Waals surface area (Å²) in [5.41, 5.74) is 0.496. The number of carbonyl (C=O) groups is 1. The van der Waals surface area contributed by atoms with Crippen molar-refractivity contribution >= 4 is 27.7 Å². The maximum absolute atomic E-state index is 12.1. The fourth-order valence-electron chi connectivity index (χ4n) is 1.85. The minimum Gasteiger partial charge on any atom is -0.486 e. The summed E-state index contributed by atoms with van der Waals surface area (Å²) < 4.78 is 11.5. The summed E-state index contributed by atoms with van der Waals surface area (Å²) in [6.45, 7) is 1.02. The lowest BCUT2D eigenvalue weighted by molar-refractivity contribution is 0.102. The highest BCUT2D eigenvalue weighted by Gasteiger charge is 2.15. The number of ether oxygens (including phenoxy) is 2. The number of halogens is 1. The van der Waals surface area contributed by atoms with Crippen LogP contribution in [0.15, 0.2) is 41.0 Å². The van der Waals surface area contributed by atoms with Gasteiger partial charge >= 0.3 is 0 Å². The van der Waals surface area contributed by atoms with Crippen LogP contribution in [0.2, 0.25) is 0 Å². The van der Waals surface area contributed by atoms with Crippen LogP contribution in [-0.4, -0.2) is 24.1 Å². The van der Waals surface area contributed by atoms with Gasteiger partial charge in [0.2, 0.25) is 0 Å². The van der Waals surface area contributed by atoms with Gasteiger partial charge in [-0.1, -0.05) is 6.07 Å². The van der Waals surface area contributed by atoms with Gasteiger partial charge < -0.3 is 14.8 Å². The van der Waals surface area contributed by atoms with E-state index in [1.54, 1.807) is 36.4 Å². The third-order valence-electron chi connectivity index (χ3n) is 2.76. The number of amides is 1. The molecule has 0 saturated carbocycles. The molecule has 1 aliphatic heterocycles. The number of rotatable bonds is 2. The second kappa shape index (κ2) is 5.50. The van der Waals surface area contributed by atoms with E-state index in [4.69, 9.17) is 9.47 Å². The van der Waals surface area contributed by atoms with E-state index in [2.05, 4.69) is 26.2 Å².